The van der Waals surface area contributed by atoms with Crippen molar-refractivity contribution in [1.82, 2.24) is 10.3 Å². The molecule has 0 amide bonds. The molecule has 2 bridgehead atoms. The van der Waals surface area contributed by atoms with Crippen molar-refractivity contribution in [1.29, 1.82) is 0 Å². The Hall–Kier alpha value is -1.09. The van der Waals surface area contributed by atoms with E-state index in [9.17, 15) is 0 Å². The Morgan fingerprint density at radius 3 is 3.12 bits per heavy atom. The molecular formula is C13H18N2O. The van der Waals surface area contributed by atoms with E-state index in [1.54, 1.807) is 13.3 Å². The molecule has 1 aromatic heterocycles. The summed E-state index contributed by atoms with van der Waals surface area (Å²) in [6.07, 6.45) is 7.76. The van der Waals surface area contributed by atoms with Gasteiger partial charge in [0, 0.05) is 18.2 Å². The second-order valence-corrected chi connectivity index (χ2v) is 4.95. The minimum Gasteiger partial charge on any atom is -0.495 e. The number of methoxy groups -OCH3 is 1. The lowest BCUT2D eigenvalue weighted by atomic mass is 9.95. The molecule has 3 nitrogen and oxygen atoms in total. The highest BCUT2D eigenvalue weighted by Gasteiger charge is 2.37. The zero-order valence-corrected chi connectivity index (χ0v) is 9.65. The molecule has 16 heavy (non-hydrogen) atoms. The van der Waals surface area contributed by atoms with Crippen LogP contribution in [0.2, 0.25) is 0 Å². The van der Waals surface area contributed by atoms with E-state index in [1.165, 1.54) is 31.4 Å². The Bertz CT molecular complexity index is 380. The first-order chi connectivity index (χ1) is 7.86. The Morgan fingerprint density at radius 1 is 1.38 bits per heavy atom. The molecule has 3 atom stereocenters. The molecule has 3 heteroatoms. The van der Waals surface area contributed by atoms with Crippen molar-refractivity contribution in [3.8, 4) is 5.75 Å². The van der Waals surface area contributed by atoms with Crippen LogP contribution < -0.4 is 10.1 Å². The summed E-state index contributed by atoms with van der Waals surface area (Å²) < 4.78 is 5.24. The van der Waals surface area contributed by atoms with Crippen LogP contribution in [0.4, 0.5) is 0 Å². The van der Waals surface area contributed by atoms with Gasteiger partial charge in [-0.05, 0) is 43.4 Å². The Balaban J connectivity index is 1.86. The van der Waals surface area contributed by atoms with Crippen LogP contribution in [-0.2, 0) is 0 Å². The average Bonchev–Trinajstić information content (AvgIpc) is 2.64. The molecule has 3 rings (SSSR count). The third kappa shape index (κ3) is 1.69. The number of fused-ring (bicyclic) bond motifs is 2. The number of nitrogens with one attached hydrogen (secondary N) is 1. The topological polar surface area (TPSA) is 34.1 Å². The van der Waals surface area contributed by atoms with Crippen LogP contribution in [-0.4, -0.2) is 24.7 Å². The number of rotatable bonds is 2. The van der Waals surface area contributed by atoms with Gasteiger partial charge in [0.2, 0.25) is 0 Å². The molecule has 1 aliphatic carbocycles. The maximum Gasteiger partial charge on any atom is 0.137 e. The van der Waals surface area contributed by atoms with E-state index in [0.29, 0.717) is 12.0 Å². The number of hydrogen-bond donors (Lipinski definition) is 1. The van der Waals surface area contributed by atoms with Crippen LogP contribution in [0.3, 0.4) is 0 Å². The van der Waals surface area contributed by atoms with Crippen LogP contribution in [0.25, 0.3) is 0 Å². The van der Waals surface area contributed by atoms with Gasteiger partial charge in [-0.1, -0.05) is 0 Å². The lowest BCUT2D eigenvalue weighted by Gasteiger charge is -2.23. The van der Waals surface area contributed by atoms with Crippen LogP contribution in [0.15, 0.2) is 18.5 Å². The molecule has 2 aliphatic rings. The molecule has 0 spiro atoms. The van der Waals surface area contributed by atoms with Crippen LogP contribution in [0.1, 0.15) is 30.7 Å². The van der Waals surface area contributed by atoms with Gasteiger partial charge in [-0.15, -0.1) is 0 Å². The summed E-state index contributed by atoms with van der Waals surface area (Å²) in [6.45, 7) is 1.18. The van der Waals surface area contributed by atoms with Gasteiger partial charge >= 0.3 is 0 Å². The fourth-order valence-corrected chi connectivity index (χ4v) is 3.20. The van der Waals surface area contributed by atoms with Crippen molar-refractivity contribution in [2.75, 3.05) is 13.7 Å². The van der Waals surface area contributed by atoms with Crippen LogP contribution in [0.5, 0.6) is 5.75 Å². The zero-order chi connectivity index (χ0) is 11.0. The average molecular weight is 218 g/mol. The van der Waals surface area contributed by atoms with Crippen LogP contribution >= 0.6 is 0 Å². The predicted octanol–water partition coefficient (Wildman–Crippen LogP) is 1.95. The number of ether oxygens (including phenoxy) is 1. The molecule has 0 aromatic carbocycles. The molecule has 86 valence electrons. The predicted molar refractivity (Wildman–Crippen MR) is 62.7 cm³/mol. The fourth-order valence-electron chi connectivity index (χ4n) is 3.20. The molecule has 0 radical (unpaired) electrons. The summed E-state index contributed by atoms with van der Waals surface area (Å²) in [5, 5.41) is 3.63. The summed E-state index contributed by atoms with van der Waals surface area (Å²) in [4.78, 5) is 4.26. The standard InChI is InChI=1S/C13H18N2O/c1-16-11-6-10(7-14-8-11)12-4-9-2-3-15-13(12)5-9/h6-9,12-13,15H,2-5H2,1H3. The Kier molecular flexibility index (Phi) is 2.56. The van der Waals surface area contributed by atoms with Gasteiger partial charge in [-0.2, -0.15) is 0 Å². The smallest absolute Gasteiger partial charge is 0.137 e. The number of pyridine rings is 1. The van der Waals surface area contributed by atoms with Gasteiger partial charge < -0.3 is 10.1 Å². The lowest BCUT2D eigenvalue weighted by molar-refractivity contribution is 0.385. The second-order valence-electron chi connectivity index (χ2n) is 4.95. The quantitative estimate of drug-likeness (QED) is 0.823. The van der Waals surface area contributed by atoms with Gasteiger partial charge in [0.25, 0.3) is 0 Å². The Labute approximate surface area is 96.2 Å². The maximum atomic E-state index is 5.24. The molecular weight excluding hydrogens is 200 g/mol. The van der Waals surface area contributed by atoms with E-state index in [2.05, 4.69) is 16.4 Å². The van der Waals surface area contributed by atoms with Gasteiger partial charge in [-0.3, -0.25) is 4.98 Å². The molecule has 1 N–H and O–H groups in total. The van der Waals surface area contributed by atoms with Crippen molar-refractivity contribution in [2.45, 2.75) is 31.2 Å². The summed E-state index contributed by atoms with van der Waals surface area (Å²) >= 11 is 0. The summed E-state index contributed by atoms with van der Waals surface area (Å²) in [5.41, 5.74) is 1.33. The second kappa shape index (κ2) is 4.06. The molecule has 1 aliphatic heterocycles. The van der Waals surface area contributed by atoms with Crippen LogP contribution in [0, 0.1) is 5.92 Å². The highest BCUT2D eigenvalue weighted by molar-refractivity contribution is 5.28. The highest BCUT2D eigenvalue weighted by Crippen LogP contribution is 2.42. The maximum absolute atomic E-state index is 5.24. The number of aromatic nitrogens is 1. The highest BCUT2D eigenvalue weighted by atomic mass is 16.5. The summed E-state index contributed by atoms with van der Waals surface area (Å²) in [6, 6.07) is 2.80. The molecule has 2 fully saturated rings. The SMILES string of the molecule is COc1cncc(C2CC3CCNC2C3)c1. The van der Waals surface area contributed by atoms with Gasteiger partial charge in [0.05, 0.1) is 13.3 Å². The van der Waals surface area contributed by atoms with Crippen molar-refractivity contribution >= 4 is 0 Å². The van der Waals surface area contributed by atoms with E-state index in [-0.39, 0.29) is 0 Å². The van der Waals surface area contributed by atoms with Crippen molar-refractivity contribution in [2.24, 2.45) is 5.92 Å². The third-order valence-corrected chi connectivity index (χ3v) is 4.02. The van der Waals surface area contributed by atoms with Gasteiger partial charge in [-0.25, -0.2) is 0 Å². The molecule has 1 saturated heterocycles. The zero-order valence-electron chi connectivity index (χ0n) is 9.65. The first kappa shape index (κ1) is 10.1. The van der Waals surface area contributed by atoms with E-state index in [4.69, 9.17) is 4.74 Å². The summed E-state index contributed by atoms with van der Waals surface area (Å²) in [7, 11) is 1.70. The Morgan fingerprint density at radius 2 is 2.31 bits per heavy atom. The van der Waals surface area contributed by atoms with E-state index in [0.717, 1.165) is 11.7 Å². The first-order valence-corrected chi connectivity index (χ1v) is 6.09. The van der Waals surface area contributed by atoms with E-state index >= 15 is 0 Å². The summed E-state index contributed by atoms with van der Waals surface area (Å²) in [5.74, 6) is 2.43. The molecule has 1 saturated carbocycles. The monoisotopic (exact) mass is 218 g/mol. The fraction of sp³-hybridized carbons (Fsp3) is 0.615. The molecule has 2 heterocycles. The number of nitrogens with zero attached hydrogens (tertiary/aromatic N) is 1. The van der Waals surface area contributed by atoms with E-state index in [1.807, 2.05) is 6.20 Å². The first-order valence-electron chi connectivity index (χ1n) is 6.09. The largest absolute Gasteiger partial charge is 0.495 e. The third-order valence-electron chi connectivity index (χ3n) is 4.02. The van der Waals surface area contributed by atoms with Crippen molar-refractivity contribution in [3.63, 3.8) is 0 Å². The minimum absolute atomic E-state index is 0.634. The number of piperidine rings is 1. The normalized spacial score (nSPS) is 32.7. The molecule has 1 aromatic rings. The van der Waals surface area contributed by atoms with Gasteiger partial charge in [0.15, 0.2) is 0 Å². The number of hydrogen-bond acceptors (Lipinski definition) is 3. The van der Waals surface area contributed by atoms with Crippen molar-refractivity contribution in [3.05, 3.63) is 24.0 Å². The molecule has 3 unspecified atom stereocenters. The lowest BCUT2D eigenvalue weighted by Crippen LogP contribution is -2.35. The van der Waals surface area contributed by atoms with Crippen molar-refractivity contribution < 1.29 is 4.74 Å². The minimum atomic E-state index is 0.634. The van der Waals surface area contributed by atoms with E-state index < -0.39 is 0 Å². The van der Waals surface area contributed by atoms with Gasteiger partial charge in [0.1, 0.15) is 5.75 Å².